The first-order valence-electron chi connectivity index (χ1n) is 8.27. The van der Waals surface area contributed by atoms with Crippen molar-refractivity contribution in [2.24, 2.45) is 11.8 Å². The van der Waals surface area contributed by atoms with Crippen molar-refractivity contribution in [2.45, 2.75) is 76.9 Å². The summed E-state index contributed by atoms with van der Waals surface area (Å²) in [5.41, 5.74) is 0. The zero-order chi connectivity index (χ0) is 13.4. The van der Waals surface area contributed by atoms with Crippen molar-refractivity contribution in [3.05, 3.63) is 0 Å². The molecule has 0 radical (unpaired) electrons. The van der Waals surface area contributed by atoms with E-state index in [9.17, 15) is 4.79 Å². The molecule has 0 spiro atoms. The second-order valence-corrected chi connectivity index (χ2v) is 6.84. The number of piperidine rings is 1. The Morgan fingerprint density at radius 1 is 1.21 bits per heavy atom. The molecule has 3 heteroatoms. The van der Waals surface area contributed by atoms with Crippen LogP contribution in [0.25, 0.3) is 0 Å². The van der Waals surface area contributed by atoms with Gasteiger partial charge in [-0.3, -0.25) is 4.79 Å². The zero-order valence-corrected chi connectivity index (χ0v) is 12.4. The van der Waals surface area contributed by atoms with Crippen LogP contribution in [-0.4, -0.2) is 35.5 Å². The van der Waals surface area contributed by atoms with Crippen LogP contribution in [-0.2, 0) is 4.79 Å². The molecule has 1 saturated heterocycles. The number of rotatable bonds is 4. The molecule has 3 nitrogen and oxygen atoms in total. The van der Waals surface area contributed by atoms with Gasteiger partial charge in [-0.05, 0) is 50.4 Å². The lowest BCUT2D eigenvalue weighted by Gasteiger charge is -2.39. The highest BCUT2D eigenvalue weighted by atomic mass is 16.2. The SMILES string of the molecule is CCC1CCC(N2CCCC(NC3CC3)C2=O)C1C. The first-order chi connectivity index (χ1) is 9.20. The lowest BCUT2D eigenvalue weighted by Crippen LogP contribution is -2.55. The summed E-state index contributed by atoms with van der Waals surface area (Å²) in [5, 5.41) is 3.54. The molecule has 0 aromatic rings. The van der Waals surface area contributed by atoms with Crippen molar-refractivity contribution in [1.82, 2.24) is 10.2 Å². The Balaban J connectivity index is 1.64. The first-order valence-corrected chi connectivity index (χ1v) is 8.27. The number of carbonyl (C=O) groups is 1. The lowest BCUT2D eigenvalue weighted by atomic mass is 9.91. The van der Waals surface area contributed by atoms with Gasteiger partial charge in [0.05, 0.1) is 6.04 Å². The van der Waals surface area contributed by atoms with Gasteiger partial charge < -0.3 is 10.2 Å². The Hall–Kier alpha value is -0.570. The van der Waals surface area contributed by atoms with Crippen molar-refractivity contribution >= 4 is 5.91 Å². The highest BCUT2D eigenvalue weighted by Gasteiger charge is 2.41. The van der Waals surface area contributed by atoms with Crippen LogP contribution in [0.3, 0.4) is 0 Å². The van der Waals surface area contributed by atoms with Crippen LogP contribution in [0.15, 0.2) is 0 Å². The Kier molecular flexibility index (Phi) is 3.84. The molecule has 1 amide bonds. The minimum absolute atomic E-state index is 0.120. The maximum Gasteiger partial charge on any atom is 0.239 e. The molecule has 0 aromatic carbocycles. The number of nitrogens with zero attached hydrogens (tertiary/aromatic N) is 1. The summed E-state index contributed by atoms with van der Waals surface area (Å²) in [6.45, 7) is 5.64. The van der Waals surface area contributed by atoms with E-state index >= 15 is 0 Å². The van der Waals surface area contributed by atoms with E-state index in [4.69, 9.17) is 0 Å². The van der Waals surface area contributed by atoms with Gasteiger partial charge in [0.15, 0.2) is 0 Å². The van der Waals surface area contributed by atoms with E-state index in [0.29, 0.717) is 23.9 Å². The molecule has 1 heterocycles. The summed E-state index contributed by atoms with van der Waals surface area (Å²) in [5.74, 6) is 1.91. The molecule has 19 heavy (non-hydrogen) atoms. The molecule has 3 aliphatic rings. The summed E-state index contributed by atoms with van der Waals surface area (Å²) in [6.07, 6.45) is 8.56. The Morgan fingerprint density at radius 2 is 2.00 bits per heavy atom. The maximum atomic E-state index is 12.7. The molecule has 2 aliphatic carbocycles. The minimum Gasteiger partial charge on any atom is -0.338 e. The van der Waals surface area contributed by atoms with E-state index in [-0.39, 0.29) is 6.04 Å². The summed E-state index contributed by atoms with van der Waals surface area (Å²) >= 11 is 0. The van der Waals surface area contributed by atoms with Crippen LogP contribution in [0.2, 0.25) is 0 Å². The van der Waals surface area contributed by atoms with Gasteiger partial charge in [0.1, 0.15) is 0 Å². The standard InChI is InChI=1S/C16H28N2O/c1-3-12-6-9-15(11(12)2)18-10-4-5-14(16(18)19)17-13-7-8-13/h11-15,17H,3-10H2,1-2H3. The average molecular weight is 264 g/mol. The van der Waals surface area contributed by atoms with Gasteiger partial charge in [0.2, 0.25) is 5.91 Å². The molecule has 3 rings (SSSR count). The van der Waals surface area contributed by atoms with Gasteiger partial charge in [-0.1, -0.05) is 20.3 Å². The quantitative estimate of drug-likeness (QED) is 0.846. The normalized spacial score (nSPS) is 39.9. The van der Waals surface area contributed by atoms with Crippen LogP contribution in [0.1, 0.15) is 58.8 Å². The second-order valence-electron chi connectivity index (χ2n) is 6.84. The fourth-order valence-corrected chi connectivity index (χ4v) is 4.16. The number of amides is 1. The molecule has 1 N–H and O–H groups in total. The number of carbonyl (C=O) groups excluding carboxylic acids is 1. The molecule has 0 bridgehead atoms. The van der Waals surface area contributed by atoms with Gasteiger partial charge in [0.25, 0.3) is 0 Å². The van der Waals surface area contributed by atoms with Gasteiger partial charge in [-0.15, -0.1) is 0 Å². The Bertz CT molecular complexity index is 340. The monoisotopic (exact) mass is 264 g/mol. The summed E-state index contributed by atoms with van der Waals surface area (Å²) in [7, 11) is 0. The molecule has 3 fully saturated rings. The van der Waals surface area contributed by atoms with Crippen LogP contribution >= 0.6 is 0 Å². The topological polar surface area (TPSA) is 32.3 Å². The third kappa shape index (κ3) is 2.67. The van der Waals surface area contributed by atoms with E-state index < -0.39 is 0 Å². The van der Waals surface area contributed by atoms with E-state index in [1.54, 1.807) is 0 Å². The molecular weight excluding hydrogens is 236 g/mol. The predicted octanol–water partition coefficient (Wildman–Crippen LogP) is 2.55. The third-order valence-electron chi connectivity index (χ3n) is 5.60. The minimum atomic E-state index is 0.120. The average Bonchev–Trinajstić information content (AvgIpc) is 3.15. The van der Waals surface area contributed by atoms with Crippen molar-refractivity contribution in [2.75, 3.05) is 6.54 Å². The van der Waals surface area contributed by atoms with Crippen LogP contribution < -0.4 is 5.32 Å². The first kappa shape index (κ1) is 13.4. The largest absolute Gasteiger partial charge is 0.338 e. The fraction of sp³-hybridized carbons (Fsp3) is 0.938. The maximum absolute atomic E-state index is 12.7. The highest BCUT2D eigenvalue weighted by molar-refractivity contribution is 5.83. The smallest absolute Gasteiger partial charge is 0.239 e. The number of hydrogen-bond donors (Lipinski definition) is 1. The van der Waals surface area contributed by atoms with Crippen molar-refractivity contribution < 1.29 is 4.79 Å². The van der Waals surface area contributed by atoms with Gasteiger partial charge >= 0.3 is 0 Å². The van der Waals surface area contributed by atoms with Crippen molar-refractivity contribution in [1.29, 1.82) is 0 Å². The van der Waals surface area contributed by atoms with Gasteiger partial charge in [-0.2, -0.15) is 0 Å². The van der Waals surface area contributed by atoms with E-state index in [1.807, 2.05) is 0 Å². The molecule has 4 atom stereocenters. The summed E-state index contributed by atoms with van der Waals surface area (Å²) < 4.78 is 0. The fourth-order valence-electron chi connectivity index (χ4n) is 4.16. The number of hydrogen-bond acceptors (Lipinski definition) is 2. The van der Waals surface area contributed by atoms with E-state index in [0.717, 1.165) is 18.9 Å². The van der Waals surface area contributed by atoms with Crippen molar-refractivity contribution in [3.63, 3.8) is 0 Å². The predicted molar refractivity (Wildman–Crippen MR) is 76.9 cm³/mol. The van der Waals surface area contributed by atoms with Gasteiger partial charge in [0, 0.05) is 18.6 Å². The molecule has 4 unspecified atom stereocenters. The molecular formula is C16H28N2O. The lowest BCUT2D eigenvalue weighted by molar-refractivity contribution is -0.139. The second kappa shape index (κ2) is 5.43. The summed E-state index contributed by atoms with van der Waals surface area (Å²) in [6, 6.07) is 1.27. The Morgan fingerprint density at radius 3 is 2.63 bits per heavy atom. The third-order valence-corrected chi connectivity index (χ3v) is 5.60. The molecule has 108 valence electrons. The summed E-state index contributed by atoms with van der Waals surface area (Å²) in [4.78, 5) is 14.9. The molecule has 2 saturated carbocycles. The molecule has 1 aliphatic heterocycles. The van der Waals surface area contributed by atoms with Crippen LogP contribution in [0.5, 0.6) is 0 Å². The van der Waals surface area contributed by atoms with Crippen LogP contribution in [0.4, 0.5) is 0 Å². The number of nitrogens with one attached hydrogen (secondary N) is 1. The number of likely N-dealkylation sites (tertiary alicyclic amines) is 1. The van der Waals surface area contributed by atoms with Crippen LogP contribution in [0, 0.1) is 11.8 Å². The zero-order valence-electron chi connectivity index (χ0n) is 12.4. The van der Waals surface area contributed by atoms with Crippen molar-refractivity contribution in [3.8, 4) is 0 Å². The Labute approximate surface area is 117 Å². The van der Waals surface area contributed by atoms with E-state index in [2.05, 4.69) is 24.1 Å². The molecule has 0 aromatic heterocycles. The highest BCUT2D eigenvalue weighted by Crippen LogP contribution is 2.38. The van der Waals surface area contributed by atoms with E-state index in [1.165, 1.54) is 38.5 Å². The van der Waals surface area contributed by atoms with Gasteiger partial charge in [-0.25, -0.2) is 0 Å².